The number of guanidine groups is 1. The number of aliphatic imine (C=N–C) groups is 1. The Morgan fingerprint density at radius 3 is 2.75 bits per heavy atom. The standard InChI is InChI=1S/C16H29N3O/c1-17-16(18-10-12-7-8-20-11-12)19-15-9-14(15)13-5-3-2-4-6-13/h12-15H,2-11H2,1H3,(H2,17,18,19). The predicted octanol–water partition coefficient (Wildman–Crippen LogP) is 2.16. The van der Waals surface area contributed by atoms with Gasteiger partial charge in [0.05, 0.1) is 6.61 Å². The van der Waals surface area contributed by atoms with Gasteiger partial charge >= 0.3 is 0 Å². The number of rotatable bonds is 4. The maximum atomic E-state index is 5.41. The molecule has 0 aromatic rings. The molecule has 2 saturated carbocycles. The Hall–Kier alpha value is -0.770. The van der Waals surface area contributed by atoms with Crippen molar-refractivity contribution >= 4 is 5.96 Å². The van der Waals surface area contributed by atoms with E-state index < -0.39 is 0 Å². The van der Waals surface area contributed by atoms with Crippen LogP contribution in [0, 0.1) is 17.8 Å². The summed E-state index contributed by atoms with van der Waals surface area (Å²) in [7, 11) is 1.87. The van der Waals surface area contributed by atoms with Gasteiger partial charge < -0.3 is 15.4 Å². The highest BCUT2D eigenvalue weighted by molar-refractivity contribution is 5.80. The maximum absolute atomic E-state index is 5.41. The average molecular weight is 279 g/mol. The predicted molar refractivity (Wildman–Crippen MR) is 81.9 cm³/mol. The van der Waals surface area contributed by atoms with Gasteiger partial charge in [0.1, 0.15) is 0 Å². The summed E-state index contributed by atoms with van der Waals surface area (Å²) in [6.07, 6.45) is 9.78. The summed E-state index contributed by atoms with van der Waals surface area (Å²) < 4.78 is 5.41. The fourth-order valence-electron chi connectivity index (χ4n) is 3.82. The fraction of sp³-hybridized carbons (Fsp3) is 0.938. The van der Waals surface area contributed by atoms with E-state index in [1.165, 1.54) is 44.9 Å². The molecular weight excluding hydrogens is 250 g/mol. The van der Waals surface area contributed by atoms with Gasteiger partial charge in [-0.05, 0) is 24.7 Å². The zero-order valence-corrected chi connectivity index (χ0v) is 12.7. The van der Waals surface area contributed by atoms with Gasteiger partial charge in [-0.2, -0.15) is 0 Å². The molecule has 0 radical (unpaired) electrons. The average Bonchev–Trinajstić information content (AvgIpc) is 3.06. The minimum atomic E-state index is 0.655. The topological polar surface area (TPSA) is 45.7 Å². The summed E-state index contributed by atoms with van der Waals surface area (Å²) in [5, 5.41) is 7.08. The normalized spacial score (nSPS) is 35.0. The molecule has 0 spiro atoms. The molecule has 3 atom stereocenters. The van der Waals surface area contributed by atoms with Crippen LogP contribution in [0.5, 0.6) is 0 Å². The van der Waals surface area contributed by atoms with Crippen molar-refractivity contribution in [3.05, 3.63) is 0 Å². The molecule has 4 heteroatoms. The second kappa shape index (κ2) is 6.79. The molecule has 1 heterocycles. The van der Waals surface area contributed by atoms with Gasteiger partial charge in [-0.1, -0.05) is 32.1 Å². The first kappa shape index (κ1) is 14.2. The van der Waals surface area contributed by atoms with Crippen LogP contribution in [0.15, 0.2) is 4.99 Å². The number of nitrogens with zero attached hydrogens (tertiary/aromatic N) is 1. The molecule has 4 nitrogen and oxygen atoms in total. The highest BCUT2D eigenvalue weighted by atomic mass is 16.5. The van der Waals surface area contributed by atoms with Crippen LogP contribution in [0.3, 0.4) is 0 Å². The zero-order chi connectivity index (χ0) is 13.8. The van der Waals surface area contributed by atoms with E-state index in [9.17, 15) is 0 Å². The fourth-order valence-corrected chi connectivity index (χ4v) is 3.82. The van der Waals surface area contributed by atoms with Crippen molar-refractivity contribution in [1.82, 2.24) is 10.6 Å². The van der Waals surface area contributed by atoms with Crippen LogP contribution < -0.4 is 10.6 Å². The third-order valence-corrected chi connectivity index (χ3v) is 5.22. The second-order valence-corrected chi connectivity index (χ2v) is 6.73. The van der Waals surface area contributed by atoms with E-state index in [1.54, 1.807) is 0 Å². The summed E-state index contributed by atoms with van der Waals surface area (Å²) in [5.74, 6) is 3.52. The van der Waals surface area contributed by atoms with Crippen molar-refractivity contribution < 1.29 is 4.74 Å². The molecule has 1 aliphatic heterocycles. The van der Waals surface area contributed by atoms with Crippen molar-refractivity contribution in [2.75, 3.05) is 26.8 Å². The van der Waals surface area contributed by atoms with Gasteiger partial charge in [0.15, 0.2) is 5.96 Å². The molecule has 114 valence electrons. The Morgan fingerprint density at radius 1 is 1.20 bits per heavy atom. The molecule has 2 aliphatic carbocycles. The highest BCUT2D eigenvalue weighted by Gasteiger charge is 2.43. The van der Waals surface area contributed by atoms with Crippen LogP contribution >= 0.6 is 0 Å². The van der Waals surface area contributed by atoms with E-state index in [4.69, 9.17) is 4.74 Å². The SMILES string of the molecule is CN=C(NCC1CCOC1)NC1CC1C1CCCCC1. The van der Waals surface area contributed by atoms with Crippen LogP contribution in [0.25, 0.3) is 0 Å². The number of hydrogen-bond donors (Lipinski definition) is 2. The first-order chi connectivity index (χ1) is 9.86. The molecule has 0 amide bonds. The van der Waals surface area contributed by atoms with E-state index in [2.05, 4.69) is 15.6 Å². The zero-order valence-electron chi connectivity index (χ0n) is 12.7. The van der Waals surface area contributed by atoms with E-state index in [-0.39, 0.29) is 0 Å². The Kier molecular flexibility index (Phi) is 4.81. The van der Waals surface area contributed by atoms with Gasteiger partial charge in [0.25, 0.3) is 0 Å². The molecule has 3 unspecified atom stereocenters. The molecule has 0 aromatic carbocycles. The third-order valence-electron chi connectivity index (χ3n) is 5.22. The van der Waals surface area contributed by atoms with Gasteiger partial charge in [-0.15, -0.1) is 0 Å². The minimum absolute atomic E-state index is 0.655. The Balaban J connectivity index is 1.38. The van der Waals surface area contributed by atoms with E-state index in [0.29, 0.717) is 12.0 Å². The summed E-state index contributed by atoms with van der Waals surface area (Å²) >= 11 is 0. The van der Waals surface area contributed by atoms with Crippen molar-refractivity contribution in [2.24, 2.45) is 22.7 Å². The number of nitrogens with one attached hydrogen (secondary N) is 2. The van der Waals surface area contributed by atoms with Crippen molar-refractivity contribution in [3.8, 4) is 0 Å². The minimum Gasteiger partial charge on any atom is -0.381 e. The van der Waals surface area contributed by atoms with Gasteiger partial charge in [0.2, 0.25) is 0 Å². The lowest BCUT2D eigenvalue weighted by molar-refractivity contribution is 0.186. The molecule has 20 heavy (non-hydrogen) atoms. The highest BCUT2D eigenvalue weighted by Crippen LogP contribution is 2.44. The molecule has 3 aliphatic rings. The van der Waals surface area contributed by atoms with E-state index in [0.717, 1.165) is 37.6 Å². The van der Waals surface area contributed by atoms with Crippen LogP contribution in [-0.2, 0) is 4.74 Å². The smallest absolute Gasteiger partial charge is 0.191 e. The third kappa shape index (κ3) is 3.66. The summed E-state index contributed by atoms with van der Waals surface area (Å²) in [5.41, 5.74) is 0. The summed E-state index contributed by atoms with van der Waals surface area (Å²) in [6, 6.07) is 0.670. The molecule has 0 aromatic heterocycles. The Bertz CT molecular complexity index is 333. The number of hydrogen-bond acceptors (Lipinski definition) is 2. The van der Waals surface area contributed by atoms with E-state index >= 15 is 0 Å². The molecule has 3 fully saturated rings. The first-order valence-corrected chi connectivity index (χ1v) is 8.41. The van der Waals surface area contributed by atoms with Crippen LogP contribution in [0.2, 0.25) is 0 Å². The van der Waals surface area contributed by atoms with Crippen molar-refractivity contribution in [3.63, 3.8) is 0 Å². The molecule has 1 saturated heterocycles. The van der Waals surface area contributed by atoms with Crippen LogP contribution in [0.1, 0.15) is 44.9 Å². The van der Waals surface area contributed by atoms with Gasteiger partial charge in [-0.3, -0.25) is 4.99 Å². The second-order valence-electron chi connectivity index (χ2n) is 6.73. The lowest BCUT2D eigenvalue weighted by atomic mass is 9.85. The van der Waals surface area contributed by atoms with Crippen molar-refractivity contribution in [2.45, 2.75) is 51.0 Å². The largest absolute Gasteiger partial charge is 0.381 e. The van der Waals surface area contributed by atoms with Crippen molar-refractivity contribution in [1.29, 1.82) is 0 Å². The number of ether oxygens (including phenoxy) is 1. The monoisotopic (exact) mass is 279 g/mol. The Morgan fingerprint density at radius 2 is 2.05 bits per heavy atom. The first-order valence-electron chi connectivity index (χ1n) is 8.41. The summed E-state index contributed by atoms with van der Waals surface area (Å²) in [4.78, 5) is 4.36. The molecular formula is C16H29N3O. The molecule has 3 rings (SSSR count). The lowest BCUT2D eigenvalue weighted by Crippen LogP contribution is -2.41. The van der Waals surface area contributed by atoms with Gasteiger partial charge in [0, 0.05) is 32.2 Å². The Labute approximate surface area is 122 Å². The lowest BCUT2D eigenvalue weighted by Gasteiger charge is -2.22. The molecule has 0 bridgehead atoms. The quantitative estimate of drug-likeness (QED) is 0.612. The van der Waals surface area contributed by atoms with Crippen LogP contribution in [0.4, 0.5) is 0 Å². The van der Waals surface area contributed by atoms with Gasteiger partial charge in [-0.25, -0.2) is 0 Å². The van der Waals surface area contributed by atoms with E-state index in [1.807, 2.05) is 7.05 Å². The maximum Gasteiger partial charge on any atom is 0.191 e. The molecule has 2 N–H and O–H groups in total. The van der Waals surface area contributed by atoms with Crippen LogP contribution in [-0.4, -0.2) is 38.8 Å². The summed E-state index contributed by atoms with van der Waals surface area (Å²) in [6.45, 7) is 2.81.